The van der Waals surface area contributed by atoms with Crippen molar-refractivity contribution >= 4 is 17.8 Å². The molecule has 2 atom stereocenters. The zero-order valence-electron chi connectivity index (χ0n) is 16.4. The van der Waals surface area contributed by atoms with Crippen LogP contribution in [0.2, 0.25) is 0 Å². The summed E-state index contributed by atoms with van der Waals surface area (Å²) in [5.74, 6) is -0.445. The largest absolute Gasteiger partial charge is 0.444 e. The first-order chi connectivity index (χ1) is 11.3. The third-order valence-electron chi connectivity index (χ3n) is 4.20. The molecule has 0 heterocycles. The summed E-state index contributed by atoms with van der Waals surface area (Å²) in [4.78, 5) is 36.4. The summed E-state index contributed by atoms with van der Waals surface area (Å²) in [6.07, 6.45) is 2.51. The minimum atomic E-state index is -0.847. The molecule has 1 amide bonds. The van der Waals surface area contributed by atoms with Crippen molar-refractivity contribution in [3.63, 3.8) is 0 Å². The fourth-order valence-corrected chi connectivity index (χ4v) is 2.63. The lowest BCUT2D eigenvalue weighted by atomic mass is 9.75. The van der Waals surface area contributed by atoms with Crippen LogP contribution in [0.1, 0.15) is 67.7 Å². The van der Waals surface area contributed by atoms with Crippen molar-refractivity contribution in [3.8, 4) is 0 Å². The van der Waals surface area contributed by atoms with Crippen LogP contribution < -0.4 is 5.32 Å². The topological polar surface area (TPSA) is 81.7 Å². The molecule has 142 valence electrons. The average Bonchev–Trinajstić information content (AvgIpc) is 2.41. The summed E-state index contributed by atoms with van der Waals surface area (Å²) in [6, 6.07) is -0.847. The van der Waals surface area contributed by atoms with E-state index in [-0.39, 0.29) is 17.1 Å². The fraction of sp³-hybridized carbons (Fsp3) is 0.737. The third kappa shape index (κ3) is 6.88. The molecule has 0 aromatic heterocycles. The molecule has 0 aliphatic heterocycles. The van der Waals surface area contributed by atoms with Crippen molar-refractivity contribution in [2.45, 2.75) is 79.4 Å². The first-order valence-electron chi connectivity index (χ1n) is 8.80. The predicted molar refractivity (Wildman–Crippen MR) is 94.8 cm³/mol. The number of hydrogen-bond donors (Lipinski definition) is 1. The zero-order valence-corrected chi connectivity index (χ0v) is 16.4. The quantitative estimate of drug-likeness (QED) is 0.761. The Morgan fingerprint density at radius 2 is 1.88 bits per heavy atom. The summed E-state index contributed by atoms with van der Waals surface area (Å²) in [7, 11) is 0. The molecule has 0 aromatic rings. The normalized spacial score (nSPS) is 22.2. The van der Waals surface area contributed by atoms with Crippen LogP contribution in [-0.4, -0.2) is 29.5 Å². The molecule has 1 aliphatic rings. The molecule has 1 aliphatic carbocycles. The van der Waals surface area contributed by atoms with Gasteiger partial charge in [-0.15, -0.1) is 0 Å². The molecule has 0 radical (unpaired) electrons. The molecular formula is C19H31NO5. The van der Waals surface area contributed by atoms with E-state index < -0.39 is 23.7 Å². The van der Waals surface area contributed by atoms with Crippen molar-refractivity contribution < 1.29 is 23.9 Å². The van der Waals surface area contributed by atoms with E-state index in [0.29, 0.717) is 18.6 Å². The number of esters is 1. The Kier molecular flexibility index (Phi) is 6.80. The van der Waals surface area contributed by atoms with Gasteiger partial charge in [0.25, 0.3) is 0 Å². The monoisotopic (exact) mass is 353 g/mol. The van der Waals surface area contributed by atoms with Crippen molar-refractivity contribution in [1.82, 2.24) is 5.32 Å². The van der Waals surface area contributed by atoms with Crippen LogP contribution in [0.4, 0.5) is 4.79 Å². The lowest BCUT2D eigenvalue weighted by Gasteiger charge is -2.32. The maximum atomic E-state index is 12.5. The molecule has 0 spiro atoms. The summed E-state index contributed by atoms with van der Waals surface area (Å²) >= 11 is 0. The van der Waals surface area contributed by atoms with E-state index in [9.17, 15) is 14.4 Å². The molecule has 25 heavy (non-hydrogen) atoms. The summed E-state index contributed by atoms with van der Waals surface area (Å²) in [6.45, 7) is 12.9. The van der Waals surface area contributed by atoms with Gasteiger partial charge in [-0.05, 0) is 38.5 Å². The molecule has 1 rings (SSSR count). The zero-order chi connectivity index (χ0) is 19.4. The van der Waals surface area contributed by atoms with Crippen LogP contribution in [0.5, 0.6) is 0 Å². The molecule has 1 N–H and O–H groups in total. The summed E-state index contributed by atoms with van der Waals surface area (Å²) in [5.41, 5.74) is -0.857. The number of carbonyl (C=O) groups excluding carboxylic acids is 3. The highest BCUT2D eigenvalue weighted by molar-refractivity contribution is 5.92. The highest BCUT2D eigenvalue weighted by Gasteiger charge is 2.34. The van der Waals surface area contributed by atoms with E-state index in [0.717, 1.165) is 6.42 Å². The number of ketones is 1. The number of rotatable bonds is 5. The molecule has 6 heteroatoms. The van der Waals surface area contributed by atoms with Crippen LogP contribution in [0, 0.1) is 11.3 Å². The molecule has 6 nitrogen and oxygen atoms in total. The van der Waals surface area contributed by atoms with Crippen LogP contribution in [0.25, 0.3) is 0 Å². The molecule has 0 fully saturated rings. The minimum absolute atomic E-state index is 0.0420. The molecular weight excluding hydrogens is 322 g/mol. The van der Waals surface area contributed by atoms with Gasteiger partial charge in [0.05, 0.1) is 0 Å². The number of carbonyl (C=O) groups is 3. The van der Waals surface area contributed by atoms with Gasteiger partial charge in [-0.25, -0.2) is 9.59 Å². The Labute approximate surface area is 150 Å². The smallest absolute Gasteiger partial charge is 0.408 e. The van der Waals surface area contributed by atoms with Crippen LogP contribution in [-0.2, 0) is 19.1 Å². The molecule has 0 aromatic carbocycles. The van der Waals surface area contributed by atoms with Gasteiger partial charge in [0.2, 0.25) is 0 Å². The number of ether oxygens (including phenoxy) is 2. The van der Waals surface area contributed by atoms with Crippen LogP contribution in [0.3, 0.4) is 0 Å². The first-order valence-corrected chi connectivity index (χ1v) is 8.80. The average molecular weight is 353 g/mol. The fourth-order valence-electron chi connectivity index (χ4n) is 2.63. The van der Waals surface area contributed by atoms with Gasteiger partial charge >= 0.3 is 12.1 Å². The maximum absolute atomic E-state index is 12.5. The van der Waals surface area contributed by atoms with E-state index in [1.54, 1.807) is 34.6 Å². The molecule has 0 saturated heterocycles. The Morgan fingerprint density at radius 1 is 1.28 bits per heavy atom. The Morgan fingerprint density at radius 3 is 2.36 bits per heavy atom. The Balaban J connectivity index is 2.80. The van der Waals surface area contributed by atoms with Crippen molar-refractivity contribution in [3.05, 3.63) is 11.8 Å². The highest BCUT2D eigenvalue weighted by atomic mass is 16.6. The molecule has 1 unspecified atom stereocenters. The van der Waals surface area contributed by atoms with Crippen molar-refractivity contribution in [2.24, 2.45) is 11.3 Å². The van der Waals surface area contributed by atoms with E-state index >= 15 is 0 Å². The van der Waals surface area contributed by atoms with Gasteiger partial charge in [0.1, 0.15) is 17.4 Å². The number of alkyl carbamates (subject to hydrolysis) is 1. The second kappa shape index (κ2) is 8.02. The van der Waals surface area contributed by atoms with Gasteiger partial charge in [-0.3, -0.25) is 4.79 Å². The van der Waals surface area contributed by atoms with Gasteiger partial charge in [-0.1, -0.05) is 27.7 Å². The van der Waals surface area contributed by atoms with E-state index in [2.05, 4.69) is 5.32 Å². The second-order valence-corrected chi connectivity index (χ2v) is 8.38. The molecule has 0 bridgehead atoms. The predicted octanol–water partition coefficient (Wildman–Crippen LogP) is 3.74. The number of hydrogen-bond acceptors (Lipinski definition) is 5. The first kappa shape index (κ1) is 21.2. The van der Waals surface area contributed by atoms with Crippen molar-refractivity contribution in [1.29, 1.82) is 0 Å². The van der Waals surface area contributed by atoms with Crippen LogP contribution in [0.15, 0.2) is 11.8 Å². The Bertz CT molecular complexity index is 559. The van der Waals surface area contributed by atoms with E-state index in [1.807, 2.05) is 13.8 Å². The second-order valence-electron chi connectivity index (χ2n) is 8.38. The summed E-state index contributed by atoms with van der Waals surface area (Å²) in [5, 5.41) is 2.56. The highest BCUT2D eigenvalue weighted by Crippen LogP contribution is 2.37. The number of amides is 1. The van der Waals surface area contributed by atoms with Gasteiger partial charge in [0, 0.05) is 18.9 Å². The SMILES string of the molecule is CCC1(C)CC(=O)C=C(OC(=O)[C@@H](NC(=O)OC(C)(C)C)C(C)C)C1. The minimum Gasteiger partial charge on any atom is -0.444 e. The van der Waals surface area contributed by atoms with E-state index in [1.165, 1.54) is 6.08 Å². The van der Waals surface area contributed by atoms with Crippen LogP contribution >= 0.6 is 0 Å². The number of nitrogens with one attached hydrogen (secondary N) is 1. The van der Waals surface area contributed by atoms with Crippen molar-refractivity contribution in [2.75, 3.05) is 0 Å². The lowest BCUT2D eigenvalue weighted by Crippen LogP contribution is -2.47. The van der Waals surface area contributed by atoms with Gasteiger partial charge in [-0.2, -0.15) is 0 Å². The van der Waals surface area contributed by atoms with Gasteiger partial charge in [0.15, 0.2) is 5.78 Å². The summed E-state index contributed by atoms with van der Waals surface area (Å²) < 4.78 is 10.6. The lowest BCUT2D eigenvalue weighted by molar-refractivity contribution is -0.144. The Hall–Kier alpha value is -1.85. The third-order valence-corrected chi connectivity index (χ3v) is 4.20. The van der Waals surface area contributed by atoms with Gasteiger partial charge < -0.3 is 14.8 Å². The van der Waals surface area contributed by atoms with E-state index in [4.69, 9.17) is 9.47 Å². The molecule has 0 saturated carbocycles. The standard InChI is InChI=1S/C19H31NO5/c1-8-19(7)10-13(21)9-14(11-19)24-16(22)15(12(2)3)20-17(23)25-18(4,5)6/h9,12,15H,8,10-11H2,1-7H3,(H,20,23)/t15-,19?/m0/s1. The number of allylic oxidation sites excluding steroid dienone is 2. The maximum Gasteiger partial charge on any atom is 0.408 e.